The molecule has 3 atom stereocenters. The van der Waals surface area contributed by atoms with Gasteiger partial charge in [-0.15, -0.1) is 0 Å². The van der Waals surface area contributed by atoms with Crippen molar-refractivity contribution in [2.24, 2.45) is 28.0 Å². The largest absolute Gasteiger partial charge is 0.493 e. The molecule has 1 aromatic rings. The highest BCUT2D eigenvalue weighted by Crippen LogP contribution is 2.50. The second-order valence-electron chi connectivity index (χ2n) is 10.9. The highest BCUT2D eigenvalue weighted by Gasteiger charge is 2.43. The maximum Gasteiger partial charge on any atom is 0.310 e. The molecule has 6 heteroatoms. The first-order valence-corrected chi connectivity index (χ1v) is 13.5. The maximum absolute atomic E-state index is 14.6. The number of benzene rings is 1. The molecule has 0 aliphatic heterocycles. The third-order valence-electron chi connectivity index (χ3n) is 7.85. The van der Waals surface area contributed by atoms with Crippen molar-refractivity contribution in [3.8, 4) is 5.75 Å². The van der Waals surface area contributed by atoms with Crippen LogP contribution in [0, 0.1) is 23.6 Å². The Kier molecular flexibility index (Phi) is 9.12. The van der Waals surface area contributed by atoms with E-state index in [4.69, 9.17) is 9.47 Å². The number of hydrogen-bond acceptors (Lipinski definition) is 5. The van der Waals surface area contributed by atoms with E-state index in [1.165, 1.54) is 24.5 Å². The molecule has 5 nitrogen and oxygen atoms in total. The lowest BCUT2D eigenvalue weighted by Gasteiger charge is -2.15. The molecule has 2 saturated carbocycles. The average Bonchev–Trinajstić information content (AvgIpc) is 3.78. The first-order valence-electron chi connectivity index (χ1n) is 13.5. The summed E-state index contributed by atoms with van der Waals surface area (Å²) >= 11 is 0. The second-order valence-corrected chi connectivity index (χ2v) is 10.9. The summed E-state index contributed by atoms with van der Waals surface area (Å²) in [6, 6.07) is 5.00. The highest BCUT2D eigenvalue weighted by atomic mass is 19.1. The van der Waals surface area contributed by atoms with Gasteiger partial charge in [0.1, 0.15) is 17.2 Å². The Morgan fingerprint density at radius 1 is 1.27 bits per heavy atom. The van der Waals surface area contributed by atoms with Crippen molar-refractivity contribution < 1.29 is 18.7 Å². The Morgan fingerprint density at radius 2 is 2.11 bits per heavy atom. The fraction of sp³-hybridized carbons (Fsp3) is 0.516. The number of nitrogens with zero attached hydrogens (tertiary/aromatic N) is 2. The summed E-state index contributed by atoms with van der Waals surface area (Å²) in [6.07, 6.45) is 16.8. The Labute approximate surface area is 220 Å². The quantitative estimate of drug-likeness (QED) is 0.0936. The lowest BCUT2D eigenvalue weighted by atomic mass is 9.92. The summed E-state index contributed by atoms with van der Waals surface area (Å²) in [7, 11) is 0. The SMILES string of the molecule is C=C/C=C\C(Cc1ccc(OCCC2CC2C2CCC=C(CC(=O)OC3(C)CC3)CC2)cc1F)=N\N=C. The molecule has 0 aromatic heterocycles. The van der Waals surface area contributed by atoms with Crippen LogP contribution in [0.25, 0.3) is 0 Å². The zero-order chi connectivity index (χ0) is 26.3. The van der Waals surface area contributed by atoms with Crippen molar-refractivity contribution in [1.82, 2.24) is 0 Å². The van der Waals surface area contributed by atoms with Gasteiger partial charge in [0, 0.05) is 19.2 Å². The predicted octanol–water partition coefficient (Wildman–Crippen LogP) is 7.17. The molecule has 0 bridgehead atoms. The molecular formula is C31H39FN2O3. The summed E-state index contributed by atoms with van der Waals surface area (Å²) in [5.74, 6) is 2.30. The Hall–Kier alpha value is -3.02. The summed E-state index contributed by atoms with van der Waals surface area (Å²) in [6.45, 7) is 9.62. The molecule has 3 unspecified atom stereocenters. The van der Waals surface area contributed by atoms with Gasteiger partial charge in [0.25, 0.3) is 0 Å². The number of esters is 1. The van der Waals surface area contributed by atoms with Crippen molar-refractivity contribution in [2.75, 3.05) is 6.61 Å². The molecule has 0 radical (unpaired) electrons. The van der Waals surface area contributed by atoms with Crippen LogP contribution < -0.4 is 4.74 Å². The molecule has 0 saturated heterocycles. The van der Waals surface area contributed by atoms with Gasteiger partial charge >= 0.3 is 5.97 Å². The summed E-state index contributed by atoms with van der Waals surface area (Å²) in [5.41, 5.74) is 2.20. The van der Waals surface area contributed by atoms with E-state index in [0.29, 0.717) is 48.3 Å². The zero-order valence-electron chi connectivity index (χ0n) is 22.0. The van der Waals surface area contributed by atoms with E-state index in [1.807, 2.05) is 13.0 Å². The Balaban J connectivity index is 1.17. The molecular weight excluding hydrogens is 467 g/mol. The molecule has 2 fully saturated rings. The third kappa shape index (κ3) is 8.24. The van der Waals surface area contributed by atoms with Crippen LogP contribution >= 0.6 is 0 Å². The molecule has 37 heavy (non-hydrogen) atoms. The number of halogens is 1. The van der Waals surface area contributed by atoms with Gasteiger partial charge in [0.05, 0.1) is 18.7 Å². The van der Waals surface area contributed by atoms with Gasteiger partial charge in [-0.3, -0.25) is 4.79 Å². The first kappa shape index (κ1) is 27.0. The van der Waals surface area contributed by atoms with E-state index in [0.717, 1.165) is 44.4 Å². The van der Waals surface area contributed by atoms with Gasteiger partial charge in [-0.25, -0.2) is 4.39 Å². The Morgan fingerprint density at radius 3 is 2.84 bits per heavy atom. The number of ether oxygens (including phenoxy) is 2. The number of rotatable bonds is 13. The van der Waals surface area contributed by atoms with Crippen LogP contribution in [-0.2, 0) is 16.0 Å². The van der Waals surface area contributed by atoms with E-state index in [9.17, 15) is 9.18 Å². The van der Waals surface area contributed by atoms with Crippen LogP contribution in [0.1, 0.15) is 70.3 Å². The van der Waals surface area contributed by atoms with Crippen LogP contribution in [0.15, 0.2) is 64.9 Å². The second kappa shape index (κ2) is 12.5. The van der Waals surface area contributed by atoms with Gasteiger partial charge in [0.2, 0.25) is 0 Å². The number of carbonyl (C=O) groups excluding carboxylic acids is 1. The van der Waals surface area contributed by atoms with E-state index < -0.39 is 0 Å². The molecule has 198 valence electrons. The summed E-state index contributed by atoms with van der Waals surface area (Å²) in [5, 5.41) is 7.51. The minimum atomic E-state index is -0.317. The standard InChI is InChI=1S/C31H39FN2O3/c1-4-5-9-26(34-33-3)19-25-12-13-27(21-29(25)32)36-17-14-24-20-28(24)23-8-6-7-22(10-11-23)18-30(35)37-31(2)15-16-31/h4-5,7,9,12-13,21,23-24,28H,1,3,6,8,10-11,14-20H2,2H3/b9-5-,34-26-. The lowest BCUT2D eigenvalue weighted by Crippen LogP contribution is -2.16. The molecule has 3 aliphatic rings. The monoisotopic (exact) mass is 506 g/mol. The van der Waals surface area contributed by atoms with Crippen LogP contribution in [0.5, 0.6) is 5.75 Å². The van der Waals surface area contributed by atoms with E-state index in [1.54, 1.807) is 24.3 Å². The molecule has 4 rings (SSSR count). The highest BCUT2D eigenvalue weighted by molar-refractivity contribution is 5.96. The summed E-state index contributed by atoms with van der Waals surface area (Å²) < 4.78 is 26.1. The number of hydrogen-bond donors (Lipinski definition) is 0. The van der Waals surface area contributed by atoms with Crippen molar-refractivity contribution in [1.29, 1.82) is 0 Å². The van der Waals surface area contributed by atoms with Crippen LogP contribution in [-0.4, -0.2) is 30.6 Å². The molecule has 0 heterocycles. The summed E-state index contributed by atoms with van der Waals surface area (Å²) in [4.78, 5) is 12.2. The fourth-order valence-corrected chi connectivity index (χ4v) is 5.34. The third-order valence-corrected chi connectivity index (χ3v) is 7.85. The topological polar surface area (TPSA) is 60.2 Å². The molecule has 1 aromatic carbocycles. The normalized spacial score (nSPS) is 24.6. The van der Waals surface area contributed by atoms with Crippen molar-refractivity contribution in [3.05, 3.63) is 66.0 Å². The molecule has 0 spiro atoms. The maximum atomic E-state index is 14.6. The minimum absolute atomic E-state index is 0.0671. The van der Waals surface area contributed by atoms with Crippen molar-refractivity contribution >= 4 is 18.4 Å². The zero-order valence-corrected chi connectivity index (χ0v) is 22.0. The average molecular weight is 507 g/mol. The van der Waals surface area contributed by atoms with E-state index in [-0.39, 0.29) is 17.4 Å². The lowest BCUT2D eigenvalue weighted by molar-refractivity contribution is -0.149. The van der Waals surface area contributed by atoms with Gasteiger partial charge in [0.15, 0.2) is 0 Å². The van der Waals surface area contributed by atoms with Crippen molar-refractivity contribution in [3.63, 3.8) is 0 Å². The van der Waals surface area contributed by atoms with Gasteiger partial charge in [-0.2, -0.15) is 10.2 Å². The first-order chi connectivity index (χ1) is 17.9. The van der Waals surface area contributed by atoms with E-state index in [2.05, 4.69) is 29.6 Å². The van der Waals surface area contributed by atoms with Gasteiger partial charge < -0.3 is 9.47 Å². The number of carbonyl (C=O) groups is 1. The van der Waals surface area contributed by atoms with Crippen LogP contribution in [0.4, 0.5) is 4.39 Å². The fourth-order valence-electron chi connectivity index (χ4n) is 5.34. The van der Waals surface area contributed by atoms with Crippen LogP contribution in [0.3, 0.4) is 0 Å². The van der Waals surface area contributed by atoms with Crippen molar-refractivity contribution in [2.45, 2.75) is 76.7 Å². The smallest absolute Gasteiger partial charge is 0.310 e. The van der Waals surface area contributed by atoms with E-state index >= 15 is 0 Å². The Bertz CT molecular complexity index is 1090. The molecule has 0 N–H and O–H groups in total. The molecule has 3 aliphatic carbocycles. The van der Waals surface area contributed by atoms with Gasteiger partial charge in [-0.05, 0) is 93.7 Å². The predicted molar refractivity (Wildman–Crippen MR) is 147 cm³/mol. The molecule has 0 amide bonds. The van der Waals surface area contributed by atoms with Gasteiger partial charge in [-0.1, -0.05) is 36.4 Å². The van der Waals surface area contributed by atoms with Crippen LogP contribution in [0.2, 0.25) is 0 Å². The minimum Gasteiger partial charge on any atom is -0.493 e. The number of allylic oxidation sites excluding steroid dienone is 4.